The lowest BCUT2D eigenvalue weighted by Crippen LogP contribution is -2.50. The van der Waals surface area contributed by atoms with Gasteiger partial charge in [0.15, 0.2) is 6.23 Å². The van der Waals surface area contributed by atoms with Gasteiger partial charge in [0, 0.05) is 6.54 Å². The molecule has 3 N–H and O–H groups in total. The Hall–Kier alpha value is -1.64. The number of amides is 1. The number of hydrogen-bond donors (Lipinski definition) is 2. The highest BCUT2D eigenvalue weighted by Gasteiger charge is 2.36. The van der Waals surface area contributed by atoms with Gasteiger partial charge in [-0.3, -0.25) is 0 Å². The number of carbonyl (C=O) groups excluding carboxylic acids is 1. The number of ether oxygens (including phenoxy) is 1. The van der Waals surface area contributed by atoms with Crippen molar-refractivity contribution in [1.82, 2.24) is 9.62 Å². The second-order valence-corrected chi connectivity index (χ2v) is 9.67. The fourth-order valence-corrected chi connectivity index (χ4v) is 5.74. The molecule has 1 aromatic rings. The van der Waals surface area contributed by atoms with Crippen molar-refractivity contribution in [3.05, 3.63) is 30.3 Å². The molecular formula is C20H31N3O4S. The molecule has 8 heteroatoms. The van der Waals surface area contributed by atoms with E-state index in [4.69, 9.17) is 10.5 Å². The third-order valence-corrected chi connectivity index (χ3v) is 7.51. The first-order valence-electron chi connectivity index (χ1n) is 10.3. The molecule has 156 valence electrons. The van der Waals surface area contributed by atoms with Gasteiger partial charge in [0.1, 0.15) is 0 Å². The fourth-order valence-electron chi connectivity index (χ4n) is 4.14. The van der Waals surface area contributed by atoms with E-state index in [0.29, 0.717) is 18.9 Å². The van der Waals surface area contributed by atoms with Crippen LogP contribution in [0.15, 0.2) is 35.2 Å². The van der Waals surface area contributed by atoms with E-state index >= 15 is 0 Å². The predicted octanol–water partition coefficient (Wildman–Crippen LogP) is 3.17. The Labute approximate surface area is 167 Å². The van der Waals surface area contributed by atoms with Crippen LogP contribution in [0.25, 0.3) is 0 Å². The molecule has 1 aromatic carbocycles. The molecule has 2 aliphatic rings. The summed E-state index contributed by atoms with van der Waals surface area (Å²) in [6.45, 7) is 0.337. The lowest BCUT2D eigenvalue weighted by Gasteiger charge is -2.34. The second kappa shape index (κ2) is 9.71. The number of nitrogens with zero attached hydrogens (tertiary/aromatic N) is 1. The maximum absolute atomic E-state index is 13.0. The number of carbonyl (C=O) groups is 1. The molecule has 1 saturated heterocycles. The average Bonchev–Trinajstić information content (AvgIpc) is 2.69. The summed E-state index contributed by atoms with van der Waals surface area (Å²) in [5.74, 6) is 0.536. The Balaban J connectivity index is 1.58. The number of nitrogens with two attached hydrogens (primary N) is 1. The predicted molar refractivity (Wildman–Crippen MR) is 107 cm³/mol. The summed E-state index contributed by atoms with van der Waals surface area (Å²) in [6, 6.07) is 8.25. The molecule has 1 saturated carbocycles. The van der Waals surface area contributed by atoms with E-state index in [9.17, 15) is 13.2 Å². The molecule has 0 unspecified atom stereocenters. The van der Waals surface area contributed by atoms with Crippen molar-refractivity contribution >= 4 is 16.1 Å². The lowest BCUT2D eigenvalue weighted by atomic mass is 9.86. The summed E-state index contributed by atoms with van der Waals surface area (Å²) >= 11 is 0. The molecule has 7 nitrogen and oxygen atoms in total. The van der Waals surface area contributed by atoms with Crippen LogP contribution in [-0.4, -0.2) is 37.8 Å². The van der Waals surface area contributed by atoms with Crippen molar-refractivity contribution in [3.8, 4) is 0 Å². The maximum Gasteiger partial charge on any atom is 0.409 e. The van der Waals surface area contributed by atoms with Crippen molar-refractivity contribution < 1.29 is 17.9 Å². The molecule has 2 atom stereocenters. The van der Waals surface area contributed by atoms with E-state index in [1.165, 1.54) is 23.6 Å². The number of benzene rings is 1. The SMILES string of the molecule is N[C@H](CC1CCCCC1)NC(=O)O[C@H]1CCCCN1S(=O)(=O)c1ccccc1. The summed E-state index contributed by atoms with van der Waals surface area (Å²) < 4.78 is 32.7. The quantitative estimate of drug-likeness (QED) is 0.703. The monoisotopic (exact) mass is 409 g/mol. The van der Waals surface area contributed by atoms with Gasteiger partial charge in [-0.05, 0) is 43.7 Å². The molecule has 0 bridgehead atoms. The number of piperidine rings is 1. The van der Waals surface area contributed by atoms with Gasteiger partial charge in [-0.1, -0.05) is 50.3 Å². The third kappa shape index (κ3) is 5.46. The topological polar surface area (TPSA) is 102 Å². The van der Waals surface area contributed by atoms with Crippen molar-refractivity contribution in [3.63, 3.8) is 0 Å². The number of alkyl carbamates (subject to hydrolysis) is 1. The molecule has 28 heavy (non-hydrogen) atoms. The Bertz CT molecular complexity index is 735. The first-order valence-corrected chi connectivity index (χ1v) is 11.7. The zero-order chi connectivity index (χ0) is 20.0. The fraction of sp³-hybridized carbons (Fsp3) is 0.650. The number of hydrogen-bond acceptors (Lipinski definition) is 5. The van der Waals surface area contributed by atoms with Crippen molar-refractivity contribution in [2.24, 2.45) is 11.7 Å². The van der Waals surface area contributed by atoms with Crippen LogP contribution < -0.4 is 11.1 Å². The molecule has 1 aliphatic carbocycles. The number of nitrogens with one attached hydrogen (secondary N) is 1. The van der Waals surface area contributed by atoms with Gasteiger partial charge in [-0.2, -0.15) is 4.31 Å². The average molecular weight is 410 g/mol. The van der Waals surface area contributed by atoms with Gasteiger partial charge in [0.05, 0.1) is 11.1 Å². The van der Waals surface area contributed by atoms with Gasteiger partial charge in [-0.25, -0.2) is 13.2 Å². The summed E-state index contributed by atoms with van der Waals surface area (Å²) in [7, 11) is -3.71. The van der Waals surface area contributed by atoms with Gasteiger partial charge >= 0.3 is 6.09 Å². The highest BCUT2D eigenvalue weighted by Crippen LogP contribution is 2.27. The lowest BCUT2D eigenvalue weighted by molar-refractivity contribution is 0.00780. The Morgan fingerprint density at radius 1 is 1.11 bits per heavy atom. The Morgan fingerprint density at radius 2 is 1.79 bits per heavy atom. The highest BCUT2D eigenvalue weighted by molar-refractivity contribution is 7.89. The molecule has 0 spiro atoms. The largest absolute Gasteiger partial charge is 0.429 e. The van der Waals surface area contributed by atoms with Crippen LogP contribution in [0.4, 0.5) is 4.79 Å². The van der Waals surface area contributed by atoms with Gasteiger partial charge < -0.3 is 15.8 Å². The molecule has 2 fully saturated rings. The molecule has 0 radical (unpaired) electrons. The first-order chi connectivity index (χ1) is 13.5. The van der Waals surface area contributed by atoms with E-state index in [1.54, 1.807) is 30.3 Å². The van der Waals surface area contributed by atoms with Crippen LogP contribution in [0.5, 0.6) is 0 Å². The minimum Gasteiger partial charge on any atom is -0.429 e. The van der Waals surface area contributed by atoms with E-state index in [1.807, 2.05) is 0 Å². The molecule has 0 aromatic heterocycles. The molecule has 1 heterocycles. The zero-order valence-electron chi connectivity index (χ0n) is 16.3. The van der Waals surface area contributed by atoms with Crippen molar-refractivity contribution in [2.45, 2.75) is 75.1 Å². The minimum atomic E-state index is -3.71. The van der Waals surface area contributed by atoms with Crippen LogP contribution in [-0.2, 0) is 14.8 Å². The maximum atomic E-state index is 13.0. The Kier molecular flexibility index (Phi) is 7.31. The molecular weight excluding hydrogens is 378 g/mol. The standard InChI is InChI=1S/C20H31N3O4S/c21-18(15-16-9-3-1-4-10-16)22-20(24)27-19-13-7-8-14-23(19)28(25,26)17-11-5-2-6-12-17/h2,5-6,11-12,16,18-19H,1,3-4,7-10,13-15,21H2,(H,22,24)/t18-,19-/m0/s1. The Morgan fingerprint density at radius 3 is 2.50 bits per heavy atom. The van der Waals surface area contributed by atoms with Crippen LogP contribution in [0.3, 0.4) is 0 Å². The van der Waals surface area contributed by atoms with E-state index in [0.717, 1.165) is 32.1 Å². The summed E-state index contributed by atoms with van der Waals surface area (Å²) in [5.41, 5.74) is 6.08. The normalized spacial score (nSPS) is 23.1. The van der Waals surface area contributed by atoms with E-state index < -0.39 is 28.5 Å². The van der Waals surface area contributed by atoms with E-state index in [2.05, 4.69) is 5.32 Å². The van der Waals surface area contributed by atoms with Crippen molar-refractivity contribution in [1.29, 1.82) is 0 Å². The third-order valence-electron chi connectivity index (χ3n) is 5.61. The number of sulfonamides is 1. The first kappa shape index (κ1) is 21.1. The highest BCUT2D eigenvalue weighted by atomic mass is 32.2. The number of rotatable bonds is 6. The van der Waals surface area contributed by atoms with Gasteiger partial charge in [0.2, 0.25) is 10.0 Å². The zero-order valence-corrected chi connectivity index (χ0v) is 17.1. The van der Waals surface area contributed by atoms with Gasteiger partial charge in [0.25, 0.3) is 0 Å². The summed E-state index contributed by atoms with van der Waals surface area (Å²) in [6.07, 6.45) is 6.85. The smallest absolute Gasteiger partial charge is 0.409 e. The minimum absolute atomic E-state index is 0.208. The molecule has 3 rings (SSSR count). The van der Waals surface area contributed by atoms with Crippen LogP contribution in [0, 0.1) is 5.92 Å². The summed E-state index contributed by atoms with van der Waals surface area (Å²) in [4.78, 5) is 12.5. The second-order valence-electron chi connectivity index (χ2n) is 7.78. The van der Waals surface area contributed by atoms with E-state index in [-0.39, 0.29) is 4.90 Å². The van der Waals surface area contributed by atoms with Crippen LogP contribution in [0.2, 0.25) is 0 Å². The van der Waals surface area contributed by atoms with Crippen LogP contribution >= 0.6 is 0 Å². The van der Waals surface area contributed by atoms with Crippen molar-refractivity contribution in [2.75, 3.05) is 6.54 Å². The summed E-state index contributed by atoms with van der Waals surface area (Å²) in [5, 5.41) is 2.68. The van der Waals surface area contributed by atoms with Gasteiger partial charge in [-0.15, -0.1) is 0 Å². The van der Waals surface area contributed by atoms with Crippen LogP contribution in [0.1, 0.15) is 57.8 Å². The molecule has 1 amide bonds. The molecule has 1 aliphatic heterocycles.